The minimum absolute atomic E-state index is 0.503. The lowest BCUT2D eigenvalue weighted by Crippen LogP contribution is -2.40. The van der Waals surface area contributed by atoms with E-state index in [4.69, 9.17) is 4.42 Å². The Morgan fingerprint density at radius 1 is 1.56 bits per heavy atom. The number of hydrogen-bond acceptors (Lipinski definition) is 3. The van der Waals surface area contributed by atoms with E-state index in [0.717, 1.165) is 6.54 Å². The van der Waals surface area contributed by atoms with Crippen molar-refractivity contribution in [1.29, 1.82) is 0 Å². The number of aliphatic hydroxyl groups excluding tert-OH is 1. The first-order chi connectivity index (χ1) is 7.76. The predicted octanol–water partition coefficient (Wildman–Crippen LogP) is 2.48. The Bertz CT molecular complexity index is 298. The zero-order valence-electron chi connectivity index (χ0n) is 9.91. The summed E-state index contributed by atoms with van der Waals surface area (Å²) in [6.45, 7) is 3.85. The molecule has 3 nitrogen and oxygen atoms in total. The van der Waals surface area contributed by atoms with Gasteiger partial charge < -0.3 is 14.8 Å². The standard InChI is InChI=1S/C13H21NO2/c1-2-13(6-4-7-13)10-14-9-11(15)12-5-3-8-16-12/h3,5,8,11,14-15H,2,4,6-7,9-10H2,1H3. The highest BCUT2D eigenvalue weighted by Crippen LogP contribution is 2.43. The van der Waals surface area contributed by atoms with Crippen molar-refractivity contribution in [3.63, 3.8) is 0 Å². The van der Waals surface area contributed by atoms with Gasteiger partial charge in [0.15, 0.2) is 0 Å². The fourth-order valence-electron chi connectivity index (χ4n) is 2.39. The molecule has 2 rings (SSSR count). The topological polar surface area (TPSA) is 45.4 Å². The van der Waals surface area contributed by atoms with Crippen LogP contribution in [0.4, 0.5) is 0 Å². The zero-order valence-corrected chi connectivity index (χ0v) is 9.91. The van der Waals surface area contributed by atoms with Crippen LogP contribution in [0.5, 0.6) is 0 Å². The number of hydrogen-bond donors (Lipinski definition) is 2. The van der Waals surface area contributed by atoms with Crippen LogP contribution in [0.3, 0.4) is 0 Å². The van der Waals surface area contributed by atoms with E-state index in [1.165, 1.54) is 25.7 Å². The number of nitrogens with one attached hydrogen (secondary N) is 1. The first kappa shape index (κ1) is 11.7. The van der Waals surface area contributed by atoms with Crippen LogP contribution in [0.1, 0.15) is 44.5 Å². The summed E-state index contributed by atoms with van der Waals surface area (Å²) in [7, 11) is 0. The highest BCUT2D eigenvalue weighted by atomic mass is 16.4. The number of furan rings is 1. The summed E-state index contributed by atoms with van der Waals surface area (Å²) < 4.78 is 5.15. The van der Waals surface area contributed by atoms with Crippen molar-refractivity contribution in [2.45, 2.75) is 38.7 Å². The van der Waals surface area contributed by atoms with Gasteiger partial charge in [-0.15, -0.1) is 0 Å². The number of aliphatic hydroxyl groups is 1. The van der Waals surface area contributed by atoms with E-state index < -0.39 is 6.10 Å². The van der Waals surface area contributed by atoms with Crippen LogP contribution in [0.25, 0.3) is 0 Å². The van der Waals surface area contributed by atoms with Gasteiger partial charge in [0.05, 0.1) is 6.26 Å². The van der Waals surface area contributed by atoms with Gasteiger partial charge in [-0.3, -0.25) is 0 Å². The quantitative estimate of drug-likeness (QED) is 0.778. The lowest BCUT2D eigenvalue weighted by molar-refractivity contribution is 0.104. The first-order valence-corrected chi connectivity index (χ1v) is 6.18. The highest BCUT2D eigenvalue weighted by Gasteiger charge is 2.34. The monoisotopic (exact) mass is 223 g/mol. The minimum Gasteiger partial charge on any atom is -0.467 e. The van der Waals surface area contributed by atoms with Crippen LogP contribution in [0.15, 0.2) is 22.8 Å². The van der Waals surface area contributed by atoms with Gasteiger partial charge in [-0.2, -0.15) is 0 Å². The van der Waals surface area contributed by atoms with E-state index in [2.05, 4.69) is 12.2 Å². The van der Waals surface area contributed by atoms with Gasteiger partial charge >= 0.3 is 0 Å². The van der Waals surface area contributed by atoms with Crippen LogP contribution in [-0.2, 0) is 0 Å². The molecule has 0 aromatic carbocycles. The molecule has 90 valence electrons. The maximum atomic E-state index is 9.81. The zero-order chi connectivity index (χ0) is 11.4. The second kappa shape index (κ2) is 5.02. The van der Waals surface area contributed by atoms with Crippen molar-refractivity contribution >= 4 is 0 Å². The summed E-state index contributed by atoms with van der Waals surface area (Å²) >= 11 is 0. The minimum atomic E-state index is -0.524. The van der Waals surface area contributed by atoms with Gasteiger partial charge in [-0.05, 0) is 36.8 Å². The summed E-state index contributed by atoms with van der Waals surface area (Å²) in [5.74, 6) is 0.645. The van der Waals surface area contributed by atoms with Crippen LogP contribution < -0.4 is 5.32 Å². The molecule has 1 heterocycles. The number of rotatable bonds is 6. The second-order valence-electron chi connectivity index (χ2n) is 4.87. The molecule has 1 aliphatic carbocycles. The fraction of sp³-hybridized carbons (Fsp3) is 0.692. The van der Waals surface area contributed by atoms with E-state index in [9.17, 15) is 5.11 Å². The molecule has 1 aromatic heterocycles. The normalized spacial score (nSPS) is 20.4. The average Bonchev–Trinajstić information content (AvgIpc) is 2.75. The van der Waals surface area contributed by atoms with Crippen molar-refractivity contribution in [2.75, 3.05) is 13.1 Å². The third-order valence-electron chi connectivity index (χ3n) is 3.87. The molecule has 1 atom stereocenters. The summed E-state index contributed by atoms with van der Waals surface area (Å²) in [6.07, 6.45) is 6.32. The Hall–Kier alpha value is -0.800. The maximum Gasteiger partial charge on any atom is 0.133 e. The third-order valence-corrected chi connectivity index (χ3v) is 3.87. The van der Waals surface area contributed by atoms with E-state index in [1.54, 1.807) is 12.3 Å². The maximum absolute atomic E-state index is 9.81. The van der Waals surface area contributed by atoms with Crippen molar-refractivity contribution in [1.82, 2.24) is 5.32 Å². The Kier molecular flexibility index (Phi) is 3.66. The summed E-state index contributed by atoms with van der Waals surface area (Å²) in [5, 5.41) is 13.2. The van der Waals surface area contributed by atoms with Crippen LogP contribution in [0, 0.1) is 5.41 Å². The molecule has 1 unspecified atom stereocenters. The SMILES string of the molecule is CCC1(CNCC(O)c2ccco2)CCC1. The van der Waals surface area contributed by atoms with Gasteiger partial charge in [0.1, 0.15) is 11.9 Å². The molecular weight excluding hydrogens is 202 g/mol. The summed E-state index contributed by atoms with van der Waals surface area (Å²) in [6, 6.07) is 3.61. The van der Waals surface area contributed by atoms with Gasteiger partial charge in [0.25, 0.3) is 0 Å². The fourth-order valence-corrected chi connectivity index (χ4v) is 2.39. The van der Waals surface area contributed by atoms with Crippen molar-refractivity contribution in [3.05, 3.63) is 24.2 Å². The molecule has 0 amide bonds. The lowest BCUT2D eigenvalue weighted by atomic mass is 9.67. The molecule has 0 bridgehead atoms. The largest absolute Gasteiger partial charge is 0.467 e. The van der Waals surface area contributed by atoms with E-state index >= 15 is 0 Å². The van der Waals surface area contributed by atoms with E-state index in [-0.39, 0.29) is 0 Å². The first-order valence-electron chi connectivity index (χ1n) is 6.18. The van der Waals surface area contributed by atoms with E-state index in [0.29, 0.717) is 17.7 Å². The molecule has 3 heteroatoms. The molecule has 16 heavy (non-hydrogen) atoms. The van der Waals surface area contributed by atoms with Gasteiger partial charge in [0, 0.05) is 13.1 Å². The molecule has 0 aliphatic heterocycles. The Balaban J connectivity index is 1.72. The highest BCUT2D eigenvalue weighted by molar-refractivity contribution is 5.02. The van der Waals surface area contributed by atoms with Gasteiger partial charge in [-0.25, -0.2) is 0 Å². The van der Waals surface area contributed by atoms with Crippen LogP contribution >= 0.6 is 0 Å². The molecule has 1 saturated carbocycles. The Morgan fingerprint density at radius 3 is 2.88 bits per heavy atom. The predicted molar refractivity (Wildman–Crippen MR) is 63.1 cm³/mol. The molecule has 1 aliphatic rings. The Labute approximate surface area is 96.8 Å². The Morgan fingerprint density at radius 2 is 2.38 bits per heavy atom. The van der Waals surface area contributed by atoms with E-state index in [1.807, 2.05) is 6.07 Å². The molecular formula is C13H21NO2. The molecule has 1 fully saturated rings. The van der Waals surface area contributed by atoms with Gasteiger partial charge in [0.2, 0.25) is 0 Å². The smallest absolute Gasteiger partial charge is 0.133 e. The molecule has 0 spiro atoms. The van der Waals surface area contributed by atoms with Gasteiger partial charge in [-0.1, -0.05) is 13.3 Å². The molecule has 1 aromatic rings. The van der Waals surface area contributed by atoms with Crippen LogP contribution in [0.2, 0.25) is 0 Å². The molecule has 0 saturated heterocycles. The molecule has 0 radical (unpaired) electrons. The summed E-state index contributed by atoms with van der Waals surface area (Å²) in [4.78, 5) is 0. The average molecular weight is 223 g/mol. The van der Waals surface area contributed by atoms with Crippen molar-refractivity contribution < 1.29 is 9.52 Å². The van der Waals surface area contributed by atoms with Crippen molar-refractivity contribution in [2.24, 2.45) is 5.41 Å². The second-order valence-corrected chi connectivity index (χ2v) is 4.87. The summed E-state index contributed by atoms with van der Waals surface area (Å²) in [5.41, 5.74) is 0.503. The lowest BCUT2D eigenvalue weighted by Gasteiger charge is -2.41. The molecule has 2 N–H and O–H groups in total. The van der Waals surface area contributed by atoms with Crippen molar-refractivity contribution in [3.8, 4) is 0 Å². The third kappa shape index (κ3) is 2.47. The van der Waals surface area contributed by atoms with Crippen LogP contribution in [-0.4, -0.2) is 18.2 Å².